The molecule has 11 nitrogen and oxygen atoms in total. The smallest absolute Gasteiger partial charge is 0.342 e. The van der Waals surface area contributed by atoms with Crippen LogP contribution in [0, 0.1) is 0 Å². The van der Waals surface area contributed by atoms with Gasteiger partial charge < -0.3 is 10.1 Å². The predicted octanol–water partition coefficient (Wildman–Crippen LogP) is -0.790. The first-order valence-corrected chi connectivity index (χ1v) is 10.6. The van der Waals surface area contributed by atoms with E-state index in [0.29, 0.717) is 32.0 Å². The molecule has 3 N–H and O–H groups in total. The average molecular weight is 427 g/mol. The number of ether oxygens (including phenoxy) is 1. The van der Waals surface area contributed by atoms with E-state index in [1.807, 2.05) is 4.98 Å². The monoisotopic (exact) mass is 427 g/mol. The second-order valence-electron chi connectivity index (χ2n) is 5.69. The van der Waals surface area contributed by atoms with E-state index in [0.717, 1.165) is 11.8 Å². The van der Waals surface area contributed by atoms with Gasteiger partial charge in [0.1, 0.15) is 0 Å². The van der Waals surface area contributed by atoms with E-state index in [2.05, 4.69) is 15.5 Å². The van der Waals surface area contributed by atoms with E-state index in [1.165, 1.54) is 28.6 Å². The number of anilines is 1. The third-order valence-corrected chi connectivity index (χ3v) is 6.64. The van der Waals surface area contributed by atoms with Crippen molar-refractivity contribution >= 4 is 33.4 Å². The molecule has 1 aromatic carbocycles. The third-order valence-electron chi connectivity index (χ3n) is 3.77. The molecule has 0 spiro atoms. The van der Waals surface area contributed by atoms with Crippen LogP contribution < -0.4 is 16.6 Å². The molecule has 150 valence electrons. The van der Waals surface area contributed by atoms with Crippen LogP contribution in [0.25, 0.3) is 0 Å². The fourth-order valence-corrected chi connectivity index (χ4v) is 4.45. The molecule has 0 atom stereocenters. The summed E-state index contributed by atoms with van der Waals surface area (Å²) in [7, 11) is -3.60. The van der Waals surface area contributed by atoms with Crippen molar-refractivity contribution in [3.8, 4) is 0 Å². The molecule has 3 rings (SSSR count). The highest BCUT2D eigenvalue weighted by Gasteiger charge is 2.26. The maximum Gasteiger partial charge on any atom is 0.342 e. The number of rotatable bonds is 6. The molecule has 0 saturated carbocycles. The summed E-state index contributed by atoms with van der Waals surface area (Å²) in [4.78, 5) is 36.6. The minimum absolute atomic E-state index is 0.0401. The summed E-state index contributed by atoms with van der Waals surface area (Å²) in [5.41, 5.74) is -1.000. The number of sulfonamides is 1. The Kier molecular flexibility index (Phi) is 6.28. The molecular formula is C15H17N5O6S2. The molecule has 1 aromatic heterocycles. The Morgan fingerprint density at radius 1 is 1.21 bits per heavy atom. The summed E-state index contributed by atoms with van der Waals surface area (Å²) in [6.07, 6.45) is 0. The number of carbonyl (C=O) groups is 1. The second-order valence-corrected chi connectivity index (χ2v) is 8.59. The number of morpholine rings is 1. The number of benzene rings is 1. The maximum atomic E-state index is 12.6. The van der Waals surface area contributed by atoms with E-state index >= 15 is 0 Å². The third kappa shape index (κ3) is 4.86. The molecule has 0 radical (unpaired) electrons. The Morgan fingerprint density at radius 3 is 2.54 bits per heavy atom. The first kappa shape index (κ1) is 20.3. The van der Waals surface area contributed by atoms with E-state index in [1.54, 1.807) is 0 Å². The average Bonchev–Trinajstić information content (AvgIpc) is 2.68. The summed E-state index contributed by atoms with van der Waals surface area (Å²) < 4.78 is 31.6. The van der Waals surface area contributed by atoms with Crippen molar-refractivity contribution in [2.45, 2.75) is 9.92 Å². The molecular weight excluding hydrogens is 410 g/mol. The van der Waals surface area contributed by atoms with Crippen LogP contribution >= 0.6 is 11.8 Å². The van der Waals surface area contributed by atoms with Crippen molar-refractivity contribution in [2.75, 3.05) is 37.4 Å². The van der Waals surface area contributed by atoms with Gasteiger partial charge in [-0.3, -0.25) is 14.6 Å². The minimum atomic E-state index is -3.60. The van der Waals surface area contributed by atoms with Crippen LogP contribution in [0.5, 0.6) is 0 Å². The molecule has 2 aromatic rings. The minimum Gasteiger partial charge on any atom is -0.379 e. The fourth-order valence-electron chi connectivity index (χ4n) is 2.41. The van der Waals surface area contributed by atoms with E-state index in [4.69, 9.17) is 4.74 Å². The van der Waals surface area contributed by atoms with Gasteiger partial charge in [0.2, 0.25) is 15.9 Å². The molecule has 0 unspecified atom stereocenters. The SMILES string of the molecule is O=C(CSc1n[nH]c(=O)[nH]c1=O)Nc1ccc(S(=O)(=O)N2CCOCC2)cc1. The van der Waals surface area contributed by atoms with Gasteiger partial charge in [0, 0.05) is 18.8 Å². The van der Waals surface area contributed by atoms with Crippen LogP contribution in [0.1, 0.15) is 0 Å². The lowest BCUT2D eigenvalue weighted by atomic mass is 10.3. The normalized spacial score (nSPS) is 15.3. The van der Waals surface area contributed by atoms with Gasteiger partial charge in [-0.2, -0.15) is 9.40 Å². The summed E-state index contributed by atoms with van der Waals surface area (Å²) in [6.45, 7) is 1.32. The number of hydrogen-bond donors (Lipinski definition) is 3. The van der Waals surface area contributed by atoms with Gasteiger partial charge in [-0.1, -0.05) is 11.8 Å². The summed E-state index contributed by atoms with van der Waals surface area (Å²) in [6, 6.07) is 5.81. The first-order valence-electron chi connectivity index (χ1n) is 8.16. The Balaban J connectivity index is 1.59. The molecule has 2 heterocycles. The molecule has 13 heteroatoms. The summed E-state index contributed by atoms with van der Waals surface area (Å²) in [5.74, 6) is -0.531. The van der Waals surface area contributed by atoms with Crippen LogP contribution in [-0.4, -0.2) is 65.9 Å². The molecule has 1 amide bonds. The summed E-state index contributed by atoms with van der Waals surface area (Å²) in [5, 5.41) is 8.20. The number of aromatic amines is 2. The van der Waals surface area contributed by atoms with E-state index in [-0.39, 0.29) is 15.7 Å². The van der Waals surface area contributed by atoms with Crippen molar-refractivity contribution < 1.29 is 17.9 Å². The topological polar surface area (TPSA) is 154 Å². The number of hydrogen-bond acceptors (Lipinski definition) is 8. The fraction of sp³-hybridized carbons (Fsp3) is 0.333. The lowest BCUT2D eigenvalue weighted by Crippen LogP contribution is -2.40. The number of nitrogens with zero attached hydrogens (tertiary/aromatic N) is 2. The standard InChI is InChI=1S/C15H17N5O6S2/c21-12(9-27-14-13(22)17-15(23)19-18-14)16-10-1-3-11(4-2-10)28(24,25)20-5-7-26-8-6-20/h1-4H,5-9H2,(H,16,21)(H2,17,19,22,23). The number of nitrogens with one attached hydrogen (secondary N) is 3. The van der Waals surface area contributed by atoms with Crippen LogP contribution in [0.15, 0.2) is 43.8 Å². The molecule has 1 saturated heterocycles. The Bertz CT molecular complexity index is 1060. The Hall–Kier alpha value is -2.48. The van der Waals surface area contributed by atoms with Crippen LogP contribution in [0.4, 0.5) is 5.69 Å². The molecule has 28 heavy (non-hydrogen) atoms. The van der Waals surface area contributed by atoms with Crippen molar-refractivity contribution in [2.24, 2.45) is 0 Å². The van der Waals surface area contributed by atoms with Gasteiger partial charge in [-0.05, 0) is 24.3 Å². The Labute approximate surface area is 163 Å². The number of H-pyrrole nitrogens is 2. The van der Waals surface area contributed by atoms with Crippen LogP contribution in [0.2, 0.25) is 0 Å². The lowest BCUT2D eigenvalue weighted by Gasteiger charge is -2.26. The molecule has 0 bridgehead atoms. The lowest BCUT2D eigenvalue weighted by molar-refractivity contribution is -0.113. The zero-order chi connectivity index (χ0) is 20.1. The zero-order valence-electron chi connectivity index (χ0n) is 14.5. The number of amides is 1. The van der Waals surface area contributed by atoms with Gasteiger partial charge in [0.05, 0.1) is 23.9 Å². The zero-order valence-corrected chi connectivity index (χ0v) is 16.1. The molecule has 1 aliphatic heterocycles. The number of aromatic nitrogens is 3. The molecule has 1 fully saturated rings. The van der Waals surface area contributed by atoms with E-state index in [9.17, 15) is 22.8 Å². The van der Waals surface area contributed by atoms with Gasteiger partial charge >= 0.3 is 5.69 Å². The highest BCUT2D eigenvalue weighted by atomic mass is 32.2. The maximum absolute atomic E-state index is 12.6. The van der Waals surface area contributed by atoms with Crippen LogP contribution in [-0.2, 0) is 19.6 Å². The van der Waals surface area contributed by atoms with Crippen molar-refractivity contribution in [1.29, 1.82) is 0 Å². The summed E-state index contributed by atoms with van der Waals surface area (Å²) >= 11 is 0.858. The number of carbonyl (C=O) groups excluding carboxylic acids is 1. The van der Waals surface area contributed by atoms with Crippen LogP contribution in [0.3, 0.4) is 0 Å². The van der Waals surface area contributed by atoms with E-state index < -0.39 is 27.2 Å². The quantitative estimate of drug-likeness (QED) is 0.507. The van der Waals surface area contributed by atoms with Gasteiger partial charge in [-0.15, -0.1) is 0 Å². The highest BCUT2D eigenvalue weighted by molar-refractivity contribution is 7.99. The van der Waals surface area contributed by atoms with Gasteiger partial charge in [0.15, 0.2) is 5.03 Å². The second kappa shape index (κ2) is 8.68. The van der Waals surface area contributed by atoms with Crippen molar-refractivity contribution in [3.05, 3.63) is 45.1 Å². The van der Waals surface area contributed by atoms with Crippen molar-refractivity contribution in [1.82, 2.24) is 19.5 Å². The molecule has 1 aliphatic rings. The largest absolute Gasteiger partial charge is 0.379 e. The number of thioether (sulfide) groups is 1. The highest BCUT2D eigenvalue weighted by Crippen LogP contribution is 2.19. The molecule has 0 aliphatic carbocycles. The predicted molar refractivity (Wildman–Crippen MR) is 101 cm³/mol. The first-order chi connectivity index (χ1) is 13.4. The van der Waals surface area contributed by atoms with Crippen molar-refractivity contribution in [3.63, 3.8) is 0 Å². The van der Waals surface area contributed by atoms with Gasteiger partial charge in [0.25, 0.3) is 5.56 Å². The van der Waals surface area contributed by atoms with Gasteiger partial charge in [-0.25, -0.2) is 18.3 Å². The Morgan fingerprint density at radius 2 is 1.89 bits per heavy atom.